The molecule has 1 aliphatic rings. The van der Waals surface area contributed by atoms with Gasteiger partial charge in [-0.2, -0.15) is 0 Å². The van der Waals surface area contributed by atoms with E-state index >= 15 is 0 Å². The molecule has 2 rings (SSSR count). The highest BCUT2D eigenvalue weighted by Gasteiger charge is 2.21. The van der Waals surface area contributed by atoms with E-state index in [0.29, 0.717) is 12.1 Å². The van der Waals surface area contributed by atoms with Crippen LogP contribution in [0, 0.1) is 0 Å². The van der Waals surface area contributed by atoms with Gasteiger partial charge in [0.25, 0.3) is 0 Å². The Labute approximate surface area is 108 Å². The predicted molar refractivity (Wildman–Crippen MR) is 73.4 cm³/mol. The molecule has 0 aromatic heterocycles. The topological polar surface area (TPSA) is 32.3 Å². The summed E-state index contributed by atoms with van der Waals surface area (Å²) in [6.45, 7) is 2.45. The molecule has 94 valence electrons. The Kier molecular flexibility index (Phi) is 4.89. The van der Waals surface area contributed by atoms with Crippen molar-refractivity contribution in [2.75, 3.05) is 12.4 Å². The van der Waals surface area contributed by atoms with E-state index in [-0.39, 0.29) is 6.61 Å². The molecule has 0 saturated carbocycles. The molecule has 17 heavy (non-hydrogen) atoms. The Morgan fingerprint density at radius 3 is 3.06 bits per heavy atom. The van der Waals surface area contributed by atoms with Crippen LogP contribution in [0.15, 0.2) is 29.2 Å². The number of fused-ring (bicyclic) bond motifs is 1. The number of aliphatic hydroxyl groups excluding tert-OH is 1. The zero-order valence-corrected chi connectivity index (χ0v) is 11.2. The van der Waals surface area contributed by atoms with E-state index in [1.807, 2.05) is 11.8 Å². The second-order valence-electron chi connectivity index (χ2n) is 4.51. The molecule has 1 aromatic rings. The number of nitrogens with one attached hydrogen (secondary N) is 1. The second-order valence-corrected chi connectivity index (χ2v) is 5.65. The average molecular weight is 251 g/mol. The normalized spacial score (nSPS) is 20.9. The summed E-state index contributed by atoms with van der Waals surface area (Å²) < 4.78 is 0. The van der Waals surface area contributed by atoms with Crippen LogP contribution in [-0.2, 0) is 0 Å². The lowest BCUT2D eigenvalue weighted by Gasteiger charge is -2.29. The Bertz CT molecular complexity index is 356. The number of thioether (sulfide) groups is 1. The maximum absolute atomic E-state index is 9.05. The van der Waals surface area contributed by atoms with Gasteiger partial charge in [0.05, 0.1) is 0 Å². The number of benzene rings is 1. The van der Waals surface area contributed by atoms with Crippen LogP contribution in [0.3, 0.4) is 0 Å². The molecule has 0 fully saturated rings. The maximum Gasteiger partial charge on any atom is 0.0445 e. The molecule has 0 amide bonds. The highest BCUT2D eigenvalue weighted by atomic mass is 32.2. The third kappa shape index (κ3) is 3.24. The largest absolute Gasteiger partial charge is 0.396 e. The van der Waals surface area contributed by atoms with Crippen molar-refractivity contribution in [1.29, 1.82) is 0 Å². The zero-order valence-electron chi connectivity index (χ0n) is 10.4. The third-order valence-corrected chi connectivity index (χ3v) is 4.49. The number of hydrogen-bond acceptors (Lipinski definition) is 3. The molecule has 2 unspecified atom stereocenters. The van der Waals surface area contributed by atoms with Crippen LogP contribution < -0.4 is 5.32 Å². The molecule has 1 aliphatic heterocycles. The number of rotatable bonds is 5. The zero-order chi connectivity index (χ0) is 12.1. The molecule has 0 bridgehead atoms. The van der Waals surface area contributed by atoms with Gasteiger partial charge in [-0.05, 0) is 36.6 Å². The monoisotopic (exact) mass is 251 g/mol. The fourth-order valence-corrected chi connectivity index (χ4v) is 3.49. The summed E-state index contributed by atoms with van der Waals surface area (Å²) in [7, 11) is 0. The second kappa shape index (κ2) is 6.43. The van der Waals surface area contributed by atoms with Gasteiger partial charge in [-0.25, -0.2) is 0 Å². The van der Waals surface area contributed by atoms with Gasteiger partial charge in [0.2, 0.25) is 0 Å². The predicted octanol–water partition coefficient (Wildman–Crippen LogP) is 2.97. The molecule has 0 saturated heterocycles. The lowest BCUT2D eigenvalue weighted by molar-refractivity contribution is 0.254. The lowest BCUT2D eigenvalue weighted by atomic mass is 10.0. The third-order valence-electron chi connectivity index (χ3n) is 3.37. The van der Waals surface area contributed by atoms with Gasteiger partial charge in [-0.1, -0.05) is 25.1 Å². The van der Waals surface area contributed by atoms with Crippen LogP contribution in [0.1, 0.15) is 37.8 Å². The standard InChI is InChI=1S/C14H21NOS/c1-2-11(7-9-16)15-13-8-10-17-14-6-4-3-5-12(13)14/h3-6,11,13,15-16H,2,7-10H2,1H3. The highest BCUT2D eigenvalue weighted by Crippen LogP contribution is 2.36. The van der Waals surface area contributed by atoms with Crippen molar-refractivity contribution in [3.05, 3.63) is 29.8 Å². The molecular weight excluding hydrogens is 230 g/mol. The van der Waals surface area contributed by atoms with Crippen LogP contribution in [0.5, 0.6) is 0 Å². The number of aliphatic hydroxyl groups is 1. The van der Waals surface area contributed by atoms with Gasteiger partial charge in [0, 0.05) is 23.6 Å². The van der Waals surface area contributed by atoms with Crippen molar-refractivity contribution in [3.63, 3.8) is 0 Å². The fourth-order valence-electron chi connectivity index (χ4n) is 2.36. The molecule has 0 spiro atoms. The van der Waals surface area contributed by atoms with Gasteiger partial charge in [-0.3, -0.25) is 0 Å². The van der Waals surface area contributed by atoms with E-state index in [0.717, 1.165) is 12.8 Å². The molecular formula is C14H21NOS. The van der Waals surface area contributed by atoms with E-state index < -0.39 is 0 Å². The summed E-state index contributed by atoms with van der Waals surface area (Å²) >= 11 is 1.95. The Balaban J connectivity index is 2.07. The molecule has 1 heterocycles. The van der Waals surface area contributed by atoms with Crippen molar-refractivity contribution in [2.45, 2.75) is 43.2 Å². The summed E-state index contributed by atoms with van der Waals surface area (Å²) in [5.41, 5.74) is 1.43. The molecule has 1 aromatic carbocycles. The van der Waals surface area contributed by atoms with Crippen molar-refractivity contribution in [2.24, 2.45) is 0 Å². The van der Waals surface area contributed by atoms with E-state index in [1.165, 1.54) is 22.6 Å². The van der Waals surface area contributed by atoms with Gasteiger partial charge < -0.3 is 10.4 Å². The molecule has 3 heteroatoms. The van der Waals surface area contributed by atoms with Gasteiger partial charge in [-0.15, -0.1) is 11.8 Å². The van der Waals surface area contributed by atoms with Crippen molar-refractivity contribution in [3.8, 4) is 0 Å². The highest BCUT2D eigenvalue weighted by molar-refractivity contribution is 7.99. The number of hydrogen-bond donors (Lipinski definition) is 2. The van der Waals surface area contributed by atoms with E-state index in [4.69, 9.17) is 5.11 Å². The molecule has 0 aliphatic carbocycles. The van der Waals surface area contributed by atoms with Crippen LogP contribution in [0.4, 0.5) is 0 Å². The average Bonchev–Trinajstić information content (AvgIpc) is 2.38. The first-order valence-electron chi connectivity index (χ1n) is 6.43. The van der Waals surface area contributed by atoms with Gasteiger partial charge in [0.15, 0.2) is 0 Å². The molecule has 0 radical (unpaired) electrons. The summed E-state index contributed by atoms with van der Waals surface area (Å²) in [4.78, 5) is 1.41. The van der Waals surface area contributed by atoms with Crippen molar-refractivity contribution >= 4 is 11.8 Å². The molecule has 2 nitrogen and oxygen atoms in total. The summed E-state index contributed by atoms with van der Waals surface area (Å²) in [6, 6.07) is 9.56. The van der Waals surface area contributed by atoms with Crippen molar-refractivity contribution < 1.29 is 5.11 Å². The fraction of sp³-hybridized carbons (Fsp3) is 0.571. The summed E-state index contributed by atoms with van der Waals surface area (Å²) in [5.74, 6) is 1.18. The van der Waals surface area contributed by atoms with Gasteiger partial charge >= 0.3 is 0 Å². The summed E-state index contributed by atoms with van der Waals surface area (Å²) in [6.07, 6.45) is 3.11. The minimum Gasteiger partial charge on any atom is -0.396 e. The van der Waals surface area contributed by atoms with Crippen molar-refractivity contribution in [1.82, 2.24) is 5.32 Å². The first kappa shape index (κ1) is 12.9. The summed E-state index contributed by atoms with van der Waals surface area (Å²) in [5, 5.41) is 12.7. The minimum absolute atomic E-state index is 0.272. The van der Waals surface area contributed by atoms with Crippen LogP contribution in [0.25, 0.3) is 0 Å². The minimum atomic E-state index is 0.272. The van der Waals surface area contributed by atoms with E-state index in [9.17, 15) is 0 Å². The molecule has 2 N–H and O–H groups in total. The maximum atomic E-state index is 9.05. The molecule has 2 atom stereocenters. The smallest absolute Gasteiger partial charge is 0.0445 e. The quantitative estimate of drug-likeness (QED) is 0.844. The van der Waals surface area contributed by atoms with Gasteiger partial charge in [0.1, 0.15) is 0 Å². The SMILES string of the molecule is CCC(CCO)NC1CCSc2ccccc21. The van der Waals surface area contributed by atoms with Crippen LogP contribution in [0.2, 0.25) is 0 Å². The van der Waals surface area contributed by atoms with E-state index in [2.05, 4.69) is 36.5 Å². The van der Waals surface area contributed by atoms with Crippen LogP contribution in [-0.4, -0.2) is 23.5 Å². The van der Waals surface area contributed by atoms with E-state index in [1.54, 1.807) is 0 Å². The first-order valence-corrected chi connectivity index (χ1v) is 7.42. The Morgan fingerprint density at radius 2 is 2.29 bits per heavy atom. The first-order chi connectivity index (χ1) is 8.35. The van der Waals surface area contributed by atoms with Crippen LogP contribution >= 0.6 is 11.8 Å². The Morgan fingerprint density at radius 1 is 1.47 bits per heavy atom. The Hall–Kier alpha value is -0.510. The lowest BCUT2D eigenvalue weighted by Crippen LogP contribution is -2.34.